The fourth-order valence-electron chi connectivity index (χ4n) is 4.03. The number of amides is 1. The summed E-state index contributed by atoms with van der Waals surface area (Å²) in [5.41, 5.74) is 3.79. The monoisotopic (exact) mass is 437 g/mol. The zero-order chi connectivity index (χ0) is 22.9. The molecule has 0 radical (unpaired) electrons. The molecule has 1 aliphatic heterocycles. The van der Waals surface area contributed by atoms with E-state index in [-0.39, 0.29) is 16.7 Å². The Bertz CT molecular complexity index is 1160. The Kier molecular flexibility index (Phi) is 6.24. The van der Waals surface area contributed by atoms with Crippen molar-refractivity contribution < 1.29 is 9.18 Å². The molecule has 6 heteroatoms. The first kappa shape index (κ1) is 22.6. The molecule has 1 amide bonds. The van der Waals surface area contributed by atoms with Crippen molar-refractivity contribution in [3.63, 3.8) is 0 Å². The van der Waals surface area contributed by atoms with Gasteiger partial charge >= 0.3 is 0 Å². The van der Waals surface area contributed by atoms with Crippen LogP contribution < -0.4 is 10.2 Å². The molecule has 1 aliphatic rings. The van der Waals surface area contributed by atoms with Gasteiger partial charge in [0.1, 0.15) is 17.5 Å². The highest BCUT2D eigenvalue weighted by Gasteiger charge is 2.31. The number of benzene rings is 2. The molecule has 0 aliphatic carbocycles. The van der Waals surface area contributed by atoms with Crippen LogP contribution in [-0.4, -0.2) is 18.0 Å². The largest absolute Gasteiger partial charge is 0.363 e. The second-order valence-corrected chi connectivity index (χ2v) is 8.64. The van der Waals surface area contributed by atoms with E-state index >= 15 is 4.39 Å². The van der Waals surface area contributed by atoms with E-state index in [1.807, 2.05) is 26.8 Å². The number of nitrogens with one attached hydrogen (secondary N) is 1. The molecule has 0 unspecified atom stereocenters. The lowest BCUT2D eigenvalue weighted by atomic mass is 9.87. The summed E-state index contributed by atoms with van der Waals surface area (Å²) >= 11 is 6.00. The van der Waals surface area contributed by atoms with Crippen molar-refractivity contribution in [2.24, 2.45) is 0 Å². The van der Waals surface area contributed by atoms with Crippen LogP contribution in [0.4, 0.5) is 15.8 Å². The maximum Gasteiger partial charge on any atom is 0.266 e. The topological polar surface area (TPSA) is 56.1 Å². The van der Waals surface area contributed by atoms with Gasteiger partial charge < -0.3 is 10.2 Å². The van der Waals surface area contributed by atoms with Gasteiger partial charge in [-0.05, 0) is 76.1 Å². The number of carbonyl (C=O) groups is 1. The van der Waals surface area contributed by atoms with Crippen molar-refractivity contribution in [2.45, 2.75) is 40.2 Å². The van der Waals surface area contributed by atoms with Crippen molar-refractivity contribution in [2.75, 3.05) is 16.8 Å². The minimum absolute atomic E-state index is 0.191. The van der Waals surface area contributed by atoms with Gasteiger partial charge in [-0.1, -0.05) is 23.7 Å². The molecule has 1 heterocycles. The van der Waals surface area contributed by atoms with Crippen LogP contribution >= 0.6 is 11.6 Å². The third-order valence-corrected chi connectivity index (χ3v) is 5.76. The number of carbonyl (C=O) groups excluding carboxylic acids is 1. The molecule has 2 aromatic carbocycles. The molecule has 31 heavy (non-hydrogen) atoms. The Balaban J connectivity index is 2.00. The van der Waals surface area contributed by atoms with Crippen LogP contribution in [0.2, 0.25) is 5.02 Å². The SMILES string of the molecule is CCN1c2cc(F)c(/C=C(\C#N)C(=O)Nc3cc(Cl)ccc3C)cc2C(C)=CC1(C)C. The number of aryl methyl sites for hydroxylation is 1. The third-order valence-electron chi connectivity index (χ3n) is 5.53. The second kappa shape index (κ2) is 8.56. The Hall–Kier alpha value is -3.10. The standard InChI is InChI=1S/C25H25ClFN3O/c1-6-30-23-12-21(27)17(10-20(23)16(3)13-25(30,4)5)9-18(14-28)24(31)29-22-11-19(26)8-7-15(22)2/h7-13H,6H2,1-5H3,(H,29,31)/b18-9+. The first-order chi connectivity index (χ1) is 14.6. The summed E-state index contributed by atoms with van der Waals surface area (Å²) in [5.74, 6) is -1.10. The number of nitrogens with zero attached hydrogens (tertiary/aromatic N) is 2. The molecule has 1 N–H and O–H groups in total. The van der Waals surface area contributed by atoms with Crippen LogP contribution in [0, 0.1) is 24.1 Å². The lowest BCUT2D eigenvalue weighted by Gasteiger charge is -2.42. The predicted molar refractivity (Wildman–Crippen MR) is 126 cm³/mol. The molecule has 0 aromatic heterocycles. The lowest BCUT2D eigenvalue weighted by Crippen LogP contribution is -2.45. The fourth-order valence-corrected chi connectivity index (χ4v) is 4.20. The van der Waals surface area contributed by atoms with Crippen LogP contribution in [0.1, 0.15) is 44.4 Å². The van der Waals surface area contributed by atoms with Crippen LogP contribution in [0.5, 0.6) is 0 Å². The van der Waals surface area contributed by atoms with Crippen LogP contribution in [0.3, 0.4) is 0 Å². The van der Waals surface area contributed by atoms with Crippen LogP contribution in [0.25, 0.3) is 11.6 Å². The minimum Gasteiger partial charge on any atom is -0.363 e. The van der Waals surface area contributed by atoms with Gasteiger partial charge in [-0.25, -0.2) is 4.39 Å². The van der Waals surface area contributed by atoms with E-state index in [9.17, 15) is 10.1 Å². The van der Waals surface area contributed by atoms with E-state index in [1.54, 1.807) is 24.3 Å². The molecule has 0 bridgehead atoms. The number of likely N-dealkylation sites (N-methyl/N-ethyl adjacent to an activating group) is 1. The Morgan fingerprint density at radius 2 is 2.00 bits per heavy atom. The van der Waals surface area contributed by atoms with E-state index in [0.717, 1.165) is 28.9 Å². The fraction of sp³-hybridized carbons (Fsp3) is 0.280. The van der Waals surface area contributed by atoms with E-state index in [2.05, 4.69) is 30.1 Å². The van der Waals surface area contributed by atoms with Crippen molar-refractivity contribution in [1.82, 2.24) is 0 Å². The molecule has 0 atom stereocenters. The Labute approximate surface area is 187 Å². The average molecular weight is 438 g/mol. The van der Waals surface area contributed by atoms with Gasteiger partial charge in [0.05, 0.1) is 5.54 Å². The van der Waals surface area contributed by atoms with Gasteiger partial charge in [-0.2, -0.15) is 5.26 Å². The summed E-state index contributed by atoms with van der Waals surface area (Å²) in [4.78, 5) is 14.8. The minimum atomic E-state index is -0.617. The van der Waals surface area contributed by atoms with Crippen LogP contribution in [-0.2, 0) is 4.79 Å². The number of rotatable bonds is 4. The average Bonchev–Trinajstić information content (AvgIpc) is 2.69. The molecule has 0 fully saturated rings. The predicted octanol–water partition coefficient (Wildman–Crippen LogP) is 6.36. The van der Waals surface area contributed by atoms with Gasteiger partial charge in [0, 0.05) is 34.1 Å². The van der Waals surface area contributed by atoms with Gasteiger partial charge in [0.15, 0.2) is 0 Å². The Morgan fingerprint density at radius 3 is 2.65 bits per heavy atom. The highest BCUT2D eigenvalue weighted by atomic mass is 35.5. The number of hydrogen-bond acceptors (Lipinski definition) is 3. The molecule has 2 aromatic rings. The summed E-state index contributed by atoms with van der Waals surface area (Å²) in [6.07, 6.45) is 3.43. The molecule has 3 rings (SSSR count). The van der Waals surface area contributed by atoms with Gasteiger partial charge in [-0.15, -0.1) is 0 Å². The highest BCUT2D eigenvalue weighted by molar-refractivity contribution is 6.31. The van der Waals surface area contributed by atoms with Gasteiger partial charge in [0.25, 0.3) is 5.91 Å². The number of hydrogen-bond donors (Lipinski definition) is 1. The zero-order valence-electron chi connectivity index (χ0n) is 18.3. The number of fused-ring (bicyclic) bond motifs is 1. The van der Waals surface area contributed by atoms with E-state index < -0.39 is 11.7 Å². The summed E-state index contributed by atoms with van der Waals surface area (Å²) in [6.45, 7) is 10.7. The molecule has 4 nitrogen and oxygen atoms in total. The van der Waals surface area contributed by atoms with Crippen molar-refractivity contribution in [1.29, 1.82) is 5.26 Å². The highest BCUT2D eigenvalue weighted by Crippen LogP contribution is 2.40. The Morgan fingerprint density at radius 1 is 1.29 bits per heavy atom. The summed E-state index contributed by atoms with van der Waals surface area (Å²) in [6, 6.07) is 10.2. The maximum absolute atomic E-state index is 15.0. The van der Waals surface area contributed by atoms with Gasteiger partial charge in [-0.3, -0.25) is 4.79 Å². The second-order valence-electron chi connectivity index (χ2n) is 8.20. The lowest BCUT2D eigenvalue weighted by molar-refractivity contribution is -0.112. The number of halogens is 2. The normalized spacial score (nSPS) is 15.1. The first-order valence-corrected chi connectivity index (χ1v) is 10.5. The number of nitriles is 1. The summed E-state index contributed by atoms with van der Waals surface area (Å²) < 4.78 is 15.0. The van der Waals surface area contributed by atoms with Crippen molar-refractivity contribution >= 4 is 40.5 Å². The smallest absolute Gasteiger partial charge is 0.266 e. The molecule has 0 saturated heterocycles. The van der Waals surface area contributed by atoms with E-state index in [1.165, 1.54) is 12.1 Å². The van der Waals surface area contributed by atoms with Gasteiger partial charge in [0.2, 0.25) is 0 Å². The van der Waals surface area contributed by atoms with E-state index in [4.69, 9.17) is 11.6 Å². The molecular formula is C25H25ClFN3O. The molecule has 0 saturated carbocycles. The third kappa shape index (κ3) is 4.50. The van der Waals surface area contributed by atoms with Crippen LogP contribution in [0.15, 0.2) is 42.0 Å². The van der Waals surface area contributed by atoms with E-state index in [0.29, 0.717) is 10.7 Å². The first-order valence-electron chi connectivity index (χ1n) is 10.1. The maximum atomic E-state index is 15.0. The summed E-state index contributed by atoms with van der Waals surface area (Å²) in [5, 5.41) is 12.7. The molecule has 0 spiro atoms. The quantitative estimate of drug-likeness (QED) is 0.447. The number of anilines is 2. The van der Waals surface area contributed by atoms with Crippen molar-refractivity contribution in [3.8, 4) is 6.07 Å². The van der Waals surface area contributed by atoms with Crippen molar-refractivity contribution in [3.05, 3.63) is 69.5 Å². The number of allylic oxidation sites excluding steroid dienone is 1. The zero-order valence-corrected chi connectivity index (χ0v) is 19.1. The molecular weight excluding hydrogens is 413 g/mol. The molecule has 160 valence electrons. The summed E-state index contributed by atoms with van der Waals surface area (Å²) in [7, 11) is 0.